The molecule has 6 rings (SSSR count). The molecular formula is C35H35ClFN7O5. The van der Waals surface area contributed by atoms with Crippen LogP contribution in [-0.2, 0) is 16.0 Å². The molecule has 1 fully saturated rings. The molecule has 3 N–H and O–H groups in total. The zero-order chi connectivity index (χ0) is 34.5. The second-order valence-corrected chi connectivity index (χ2v) is 12.5. The Balaban J connectivity index is 1.32. The van der Waals surface area contributed by atoms with E-state index >= 15 is 4.39 Å². The van der Waals surface area contributed by atoms with Crippen LogP contribution in [0.4, 0.5) is 10.1 Å². The van der Waals surface area contributed by atoms with Gasteiger partial charge in [0, 0.05) is 28.9 Å². The molecule has 254 valence electrons. The second-order valence-electron chi connectivity index (χ2n) is 12.1. The van der Waals surface area contributed by atoms with E-state index in [2.05, 4.69) is 26.2 Å². The van der Waals surface area contributed by atoms with Crippen molar-refractivity contribution in [2.45, 2.75) is 44.7 Å². The van der Waals surface area contributed by atoms with E-state index in [1.54, 1.807) is 12.1 Å². The van der Waals surface area contributed by atoms with Gasteiger partial charge in [0.05, 0.1) is 22.9 Å². The number of hydrogen-bond acceptors (Lipinski definition) is 8. The molecule has 1 saturated heterocycles. The SMILES string of the molecule is CC1Cc2c(OCCC3CCNCC3)cccc2C(C(=O)Nc2ccc(C(=O)O)cc2)N1C(=O)C=Cc1c(-n2cnnn2)ccc(Cl)c1F. The number of nitrogens with zero attached hydrogens (tertiary/aromatic N) is 5. The molecule has 2 unspecified atom stereocenters. The summed E-state index contributed by atoms with van der Waals surface area (Å²) in [4.78, 5) is 41.0. The van der Waals surface area contributed by atoms with Gasteiger partial charge in [-0.2, -0.15) is 4.68 Å². The molecule has 2 amide bonds. The van der Waals surface area contributed by atoms with Crippen molar-refractivity contribution in [3.63, 3.8) is 0 Å². The Morgan fingerprint density at radius 3 is 2.61 bits per heavy atom. The van der Waals surface area contributed by atoms with Gasteiger partial charge in [-0.25, -0.2) is 9.18 Å². The number of fused-ring (bicyclic) bond motifs is 1. The molecule has 3 aromatic carbocycles. The fraction of sp³-hybridized carbons (Fsp3) is 0.314. The molecule has 0 saturated carbocycles. The smallest absolute Gasteiger partial charge is 0.335 e. The molecule has 3 heterocycles. The zero-order valence-electron chi connectivity index (χ0n) is 26.7. The number of halogens is 2. The van der Waals surface area contributed by atoms with Crippen LogP contribution in [0.25, 0.3) is 11.8 Å². The van der Waals surface area contributed by atoms with E-state index in [-0.39, 0.29) is 21.8 Å². The number of rotatable bonds is 10. The van der Waals surface area contributed by atoms with Crippen LogP contribution < -0.4 is 15.4 Å². The van der Waals surface area contributed by atoms with Gasteiger partial charge in [0.25, 0.3) is 5.91 Å². The standard InChI is InChI=1S/C35H35ClFN7O5/c1-21-19-27-25(3-2-4-30(27)49-18-15-22-13-16-38-17-14-22)33(34(46)40-24-7-5-23(6-8-24)35(47)48)44(21)31(45)12-9-26-29(43-20-39-41-42-43)11-10-28(36)32(26)37/h2-12,20-22,33,38H,13-19H2,1H3,(H,40,46)(H,47,48). The second kappa shape index (κ2) is 15.0. The third-order valence-corrected chi connectivity index (χ3v) is 9.25. The molecule has 2 aliphatic heterocycles. The summed E-state index contributed by atoms with van der Waals surface area (Å²) in [5.41, 5.74) is 2.11. The summed E-state index contributed by atoms with van der Waals surface area (Å²) in [6.07, 6.45) is 7.32. The largest absolute Gasteiger partial charge is 0.493 e. The molecular weight excluding hydrogens is 653 g/mol. The molecule has 0 spiro atoms. The Kier molecular flexibility index (Phi) is 10.3. The van der Waals surface area contributed by atoms with Crippen molar-refractivity contribution in [2.24, 2.45) is 5.92 Å². The molecule has 2 atom stereocenters. The molecule has 12 nitrogen and oxygen atoms in total. The molecule has 1 aromatic heterocycles. The number of tetrazole rings is 1. The number of amides is 2. The number of carboxylic acid groups (broad SMARTS) is 1. The van der Waals surface area contributed by atoms with Gasteiger partial charge in [-0.3, -0.25) is 9.59 Å². The van der Waals surface area contributed by atoms with Gasteiger partial charge < -0.3 is 25.4 Å². The minimum Gasteiger partial charge on any atom is -0.493 e. The summed E-state index contributed by atoms with van der Waals surface area (Å²) in [7, 11) is 0. The Morgan fingerprint density at radius 2 is 1.90 bits per heavy atom. The topological polar surface area (TPSA) is 152 Å². The number of piperidine rings is 1. The van der Waals surface area contributed by atoms with Crippen LogP contribution in [0.5, 0.6) is 5.75 Å². The van der Waals surface area contributed by atoms with Gasteiger partial charge in [-0.1, -0.05) is 23.7 Å². The number of hydrogen-bond donors (Lipinski definition) is 3. The van der Waals surface area contributed by atoms with Crippen LogP contribution in [-0.4, -0.2) is 73.7 Å². The number of ether oxygens (including phenoxy) is 1. The molecule has 2 aliphatic rings. The predicted molar refractivity (Wildman–Crippen MR) is 180 cm³/mol. The van der Waals surface area contributed by atoms with Crippen molar-refractivity contribution < 1.29 is 28.6 Å². The molecule has 0 bridgehead atoms. The maximum Gasteiger partial charge on any atom is 0.335 e. The molecule has 0 aliphatic carbocycles. The minimum absolute atomic E-state index is 0.0119. The highest BCUT2D eigenvalue weighted by atomic mass is 35.5. The fourth-order valence-corrected chi connectivity index (χ4v) is 6.61. The predicted octanol–water partition coefficient (Wildman–Crippen LogP) is 5.09. The average molecular weight is 688 g/mol. The lowest BCUT2D eigenvalue weighted by molar-refractivity contribution is -0.138. The number of nitrogens with one attached hydrogen (secondary N) is 2. The molecule has 0 radical (unpaired) electrons. The quantitative estimate of drug-likeness (QED) is 0.194. The highest BCUT2D eigenvalue weighted by Crippen LogP contribution is 2.39. The lowest BCUT2D eigenvalue weighted by atomic mass is 9.87. The van der Waals surface area contributed by atoms with Gasteiger partial charge in [0.2, 0.25) is 5.91 Å². The number of carbonyl (C=O) groups excluding carboxylic acids is 2. The lowest BCUT2D eigenvalue weighted by Gasteiger charge is -2.41. The van der Waals surface area contributed by atoms with E-state index in [9.17, 15) is 19.5 Å². The number of carboxylic acids is 1. The first-order valence-corrected chi connectivity index (χ1v) is 16.4. The normalized spacial score (nSPS) is 17.9. The number of benzene rings is 3. The monoisotopic (exact) mass is 687 g/mol. The Hall–Kier alpha value is -5.14. The van der Waals surface area contributed by atoms with Crippen molar-refractivity contribution in [3.05, 3.63) is 100 Å². The number of aromatic carboxylic acids is 1. The van der Waals surface area contributed by atoms with Crippen LogP contribution in [0.3, 0.4) is 0 Å². The maximum atomic E-state index is 15.3. The first-order chi connectivity index (χ1) is 23.7. The van der Waals surface area contributed by atoms with Crippen molar-refractivity contribution in [1.82, 2.24) is 30.4 Å². The Morgan fingerprint density at radius 1 is 1.12 bits per heavy atom. The van der Waals surface area contributed by atoms with Crippen molar-refractivity contribution in [1.29, 1.82) is 0 Å². The van der Waals surface area contributed by atoms with Crippen LogP contribution >= 0.6 is 11.6 Å². The molecule has 49 heavy (non-hydrogen) atoms. The summed E-state index contributed by atoms with van der Waals surface area (Å²) < 4.78 is 22.9. The van der Waals surface area contributed by atoms with Crippen LogP contribution in [0.2, 0.25) is 5.02 Å². The molecule has 4 aromatic rings. The third-order valence-electron chi connectivity index (χ3n) is 8.96. The minimum atomic E-state index is -1.09. The number of anilines is 1. The average Bonchev–Trinajstić information content (AvgIpc) is 3.64. The summed E-state index contributed by atoms with van der Waals surface area (Å²) >= 11 is 6.09. The Bertz CT molecular complexity index is 1860. The lowest BCUT2D eigenvalue weighted by Crippen LogP contribution is -2.49. The van der Waals surface area contributed by atoms with E-state index in [4.69, 9.17) is 16.3 Å². The first kappa shape index (κ1) is 33.7. The van der Waals surface area contributed by atoms with Gasteiger partial charge in [0.1, 0.15) is 18.1 Å². The van der Waals surface area contributed by atoms with E-state index in [0.717, 1.165) is 37.9 Å². The van der Waals surface area contributed by atoms with Crippen molar-refractivity contribution in [2.75, 3.05) is 25.0 Å². The summed E-state index contributed by atoms with van der Waals surface area (Å²) in [6.45, 7) is 4.37. The zero-order valence-corrected chi connectivity index (χ0v) is 27.4. The van der Waals surface area contributed by atoms with Gasteiger partial charge in [-0.05, 0) is 116 Å². The van der Waals surface area contributed by atoms with E-state index in [1.165, 1.54) is 64.5 Å². The van der Waals surface area contributed by atoms with E-state index in [0.29, 0.717) is 35.9 Å². The number of carbonyl (C=O) groups is 3. The van der Waals surface area contributed by atoms with Gasteiger partial charge in [-0.15, -0.1) is 5.10 Å². The summed E-state index contributed by atoms with van der Waals surface area (Å²) in [6, 6.07) is 12.6. The number of aromatic nitrogens is 4. The van der Waals surface area contributed by atoms with Crippen LogP contribution in [0.1, 0.15) is 59.3 Å². The highest BCUT2D eigenvalue weighted by Gasteiger charge is 2.40. The van der Waals surface area contributed by atoms with E-state index < -0.39 is 35.7 Å². The van der Waals surface area contributed by atoms with Gasteiger partial charge >= 0.3 is 5.97 Å². The summed E-state index contributed by atoms with van der Waals surface area (Å²) in [5.74, 6) is -1.66. The summed E-state index contributed by atoms with van der Waals surface area (Å²) in [5, 5.41) is 26.4. The first-order valence-electron chi connectivity index (χ1n) is 16.0. The van der Waals surface area contributed by atoms with Gasteiger partial charge in [0.15, 0.2) is 5.82 Å². The maximum absolute atomic E-state index is 15.3. The van der Waals surface area contributed by atoms with E-state index in [1.807, 2.05) is 13.0 Å². The van der Waals surface area contributed by atoms with Crippen molar-refractivity contribution >= 4 is 41.1 Å². The van der Waals surface area contributed by atoms with Crippen LogP contribution in [0, 0.1) is 11.7 Å². The van der Waals surface area contributed by atoms with Crippen molar-refractivity contribution in [3.8, 4) is 11.4 Å². The fourth-order valence-electron chi connectivity index (χ4n) is 6.44. The van der Waals surface area contributed by atoms with Crippen LogP contribution in [0.15, 0.2) is 67.0 Å². The Labute approximate surface area is 286 Å². The highest BCUT2D eigenvalue weighted by molar-refractivity contribution is 6.31. The molecule has 14 heteroatoms. The third kappa shape index (κ3) is 7.47.